The molecule has 0 aliphatic heterocycles. The number of hydrogen-bond donors (Lipinski definition) is 0. The van der Waals surface area contributed by atoms with Gasteiger partial charge in [-0.3, -0.25) is 0 Å². The topological polar surface area (TPSA) is 79.1 Å². The fraction of sp³-hybridized carbons (Fsp3) is 0.600. The molecule has 0 fully saturated rings. The molecule has 1 aromatic rings. The summed E-state index contributed by atoms with van der Waals surface area (Å²) in [5.41, 5.74) is 0. The Morgan fingerprint density at radius 3 is 3.00 bits per heavy atom. The number of ether oxygens (including phenoxy) is 1. The summed E-state index contributed by atoms with van der Waals surface area (Å²) in [7, 11) is 1.35. The van der Waals surface area contributed by atoms with Crippen LogP contribution in [0.1, 0.15) is 17.5 Å². The second kappa shape index (κ2) is 3.65. The first-order valence-corrected chi connectivity index (χ1v) is 3.29. The highest BCUT2D eigenvalue weighted by Crippen LogP contribution is 1.92. The fourth-order valence-corrected chi connectivity index (χ4v) is 0.617. The zero-order valence-electron chi connectivity index (χ0n) is 6.72. The van der Waals surface area contributed by atoms with Crippen LogP contribution in [0.3, 0.4) is 0 Å². The number of esters is 1. The van der Waals surface area contributed by atoms with Crippen molar-refractivity contribution in [2.45, 2.75) is 6.92 Å². The minimum Gasteiger partial charge on any atom is -0.460 e. The van der Waals surface area contributed by atoms with E-state index in [2.05, 4.69) is 25.1 Å². The summed E-state index contributed by atoms with van der Waals surface area (Å²) in [6.07, 6.45) is 0. The lowest BCUT2D eigenvalue weighted by atomic mass is 10.6. The van der Waals surface area contributed by atoms with E-state index in [4.69, 9.17) is 0 Å². The van der Waals surface area contributed by atoms with Gasteiger partial charge < -0.3 is 9.57 Å². The van der Waals surface area contributed by atoms with Crippen LogP contribution in [0, 0.1) is 0 Å². The minimum absolute atomic E-state index is 0.0700. The molecule has 12 heavy (non-hydrogen) atoms. The van der Waals surface area contributed by atoms with E-state index in [0.29, 0.717) is 0 Å². The Bertz CT molecular complexity index is 271. The molecule has 1 heterocycles. The summed E-state index contributed by atoms with van der Waals surface area (Å²) in [5, 5.41) is 10.0. The minimum atomic E-state index is -0.607. The van der Waals surface area contributed by atoms with Crippen LogP contribution >= 0.6 is 0 Å². The number of carbonyl (C=O) groups excluding carboxylic acids is 1. The summed E-state index contributed by atoms with van der Waals surface area (Å²) in [5.74, 6) is -0.677. The molecule has 0 radical (unpaired) electrons. The van der Waals surface area contributed by atoms with Crippen LogP contribution in [0.25, 0.3) is 0 Å². The van der Waals surface area contributed by atoms with E-state index in [-0.39, 0.29) is 12.4 Å². The monoisotopic (exact) mass is 172 g/mol. The van der Waals surface area contributed by atoms with Gasteiger partial charge in [0.1, 0.15) is 7.11 Å². The first-order valence-electron chi connectivity index (χ1n) is 3.29. The highest BCUT2D eigenvalue weighted by molar-refractivity contribution is 5.84. The smallest absolute Gasteiger partial charge is 0.381 e. The third-order valence-electron chi connectivity index (χ3n) is 1.07. The van der Waals surface area contributed by atoms with E-state index in [0.717, 1.165) is 4.85 Å². The SMILES string of the molecule is CCOC(=O)c1nnnn1OC. The van der Waals surface area contributed by atoms with Crippen LogP contribution in [0.2, 0.25) is 0 Å². The van der Waals surface area contributed by atoms with Crippen LogP contribution in [-0.2, 0) is 4.74 Å². The maximum atomic E-state index is 11.0. The molecule has 0 saturated heterocycles. The fourth-order valence-electron chi connectivity index (χ4n) is 0.617. The molecule has 0 N–H and O–H groups in total. The molecule has 0 aromatic carbocycles. The van der Waals surface area contributed by atoms with Crippen molar-refractivity contribution in [3.8, 4) is 0 Å². The first kappa shape index (κ1) is 8.44. The van der Waals surface area contributed by atoms with Crippen LogP contribution < -0.4 is 4.84 Å². The van der Waals surface area contributed by atoms with Gasteiger partial charge in [0.15, 0.2) is 0 Å². The van der Waals surface area contributed by atoms with Gasteiger partial charge in [-0.15, -0.1) is 0 Å². The Morgan fingerprint density at radius 2 is 2.42 bits per heavy atom. The second-order valence-corrected chi connectivity index (χ2v) is 1.78. The van der Waals surface area contributed by atoms with Gasteiger partial charge >= 0.3 is 5.97 Å². The number of rotatable bonds is 3. The van der Waals surface area contributed by atoms with Gasteiger partial charge in [0.2, 0.25) is 0 Å². The molecule has 66 valence electrons. The van der Waals surface area contributed by atoms with Crippen molar-refractivity contribution >= 4 is 5.97 Å². The Morgan fingerprint density at radius 1 is 1.67 bits per heavy atom. The Labute approximate surface area is 68.2 Å². The summed E-state index contributed by atoms with van der Waals surface area (Å²) in [6, 6.07) is 0. The molecule has 1 aromatic heterocycles. The molecule has 0 bridgehead atoms. The van der Waals surface area contributed by atoms with Crippen LogP contribution in [-0.4, -0.2) is 40.1 Å². The van der Waals surface area contributed by atoms with Crippen molar-refractivity contribution in [1.82, 2.24) is 20.4 Å². The molecule has 0 aliphatic carbocycles. The van der Waals surface area contributed by atoms with Gasteiger partial charge in [0.05, 0.1) is 6.61 Å². The third-order valence-corrected chi connectivity index (χ3v) is 1.07. The maximum Gasteiger partial charge on any atom is 0.381 e. The zero-order valence-corrected chi connectivity index (χ0v) is 6.72. The average Bonchev–Trinajstić information content (AvgIpc) is 2.51. The standard InChI is InChI=1S/C5H8N4O3/c1-3-12-5(10)4-6-7-8-9(4)11-2/h3H2,1-2H3. The highest BCUT2D eigenvalue weighted by Gasteiger charge is 2.16. The largest absolute Gasteiger partial charge is 0.460 e. The van der Waals surface area contributed by atoms with E-state index >= 15 is 0 Å². The molecular formula is C5H8N4O3. The van der Waals surface area contributed by atoms with Crippen molar-refractivity contribution in [2.75, 3.05) is 13.7 Å². The molecular weight excluding hydrogens is 164 g/mol. The van der Waals surface area contributed by atoms with Crippen molar-refractivity contribution in [1.29, 1.82) is 0 Å². The Balaban J connectivity index is 2.79. The predicted molar refractivity (Wildman–Crippen MR) is 36.3 cm³/mol. The van der Waals surface area contributed by atoms with Crippen molar-refractivity contribution in [2.24, 2.45) is 0 Å². The summed E-state index contributed by atoms with van der Waals surface area (Å²) < 4.78 is 4.65. The molecule has 0 aliphatic rings. The average molecular weight is 172 g/mol. The molecule has 0 amide bonds. The van der Waals surface area contributed by atoms with E-state index < -0.39 is 5.97 Å². The Hall–Kier alpha value is -1.66. The van der Waals surface area contributed by atoms with E-state index in [9.17, 15) is 4.79 Å². The van der Waals surface area contributed by atoms with Crippen LogP contribution in [0.4, 0.5) is 0 Å². The lowest BCUT2D eigenvalue weighted by molar-refractivity contribution is 0.0438. The first-order chi connectivity index (χ1) is 5.79. The molecule has 0 atom stereocenters. The number of tetrazole rings is 1. The lowest BCUT2D eigenvalue weighted by Crippen LogP contribution is -2.18. The quantitative estimate of drug-likeness (QED) is 0.539. The number of carbonyl (C=O) groups is 1. The third kappa shape index (κ3) is 1.49. The van der Waals surface area contributed by atoms with Gasteiger partial charge in [-0.2, -0.15) is 0 Å². The van der Waals surface area contributed by atoms with Gasteiger partial charge in [-0.05, 0) is 17.4 Å². The number of nitrogens with zero attached hydrogens (tertiary/aromatic N) is 4. The van der Waals surface area contributed by atoms with Crippen molar-refractivity contribution in [3.05, 3.63) is 5.82 Å². The lowest BCUT2D eigenvalue weighted by Gasteiger charge is -1.99. The Kier molecular flexibility index (Phi) is 2.57. The second-order valence-electron chi connectivity index (χ2n) is 1.78. The normalized spacial score (nSPS) is 9.50. The zero-order chi connectivity index (χ0) is 8.97. The van der Waals surface area contributed by atoms with E-state index in [1.165, 1.54) is 7.11 Å². The van der Waals surface area contributed by atoms with Gasteiger partial charge in [-0.1, -0.05) is 9.94 Å². The van der Waals surface area contributed by atoms with Crippen LogP contribution in [0.5, 0.6) is 0 Å². The molecule has 7 heteroatoms. The van der Waals surface area contributed by atoms with Crippen molar-refractivity contribution < 1.29 is 14.4 Å². The molecule has 1 rings (SSSR count). The summed E-state index contributed by atoms with van der Waals surface area (Å²) >= 11 is 0. The van der Waals surface area contributed by atoms with E-state index in [1.807, 2.05) is 0 Å². The highest BCUT2D eigenvalue weighted by atomic mass is 16.7. The number of hydrogen-bond acceptors (Lipinski definition) is 6. The van der Waals surface area contributed by atoms with Crippen LogP contribution in [0.15, 0.2) is 0 Å². The molecule has 0 saturated carbocycles. The van der Waals surface area contributed by atoms with Gasteiger partial charge in [0.25, 0.3) is 5.82 Å². The predicted octanol–water partition coefficient (Wildman–Crippen LogP) is -1.09. The summed E-state index contributed by atoms with van der Waals surface area (Å²) in [4.78, 5) is 16.5. The summed E-state index contributed by atoms with van der Waals surface area (Å²) in [6.45, 7) is 1.97. The van der Waals surface area contributed by atoms with E-state index in [1.54, 1.807) is 6.92 Å². The van der Waals surface area contributed by atoms with Gasteiger partial charge in [0, 0.05) is 0 Å². The maximum absolute atomic E-state index is 11.0. The van der Waals surface area contributed by atoms with Gasteiger partial charge in [-0.25, -0.2) is 4.79 Å². The molecule has 7 nitrogen and oxygen atoms in total. The van der Waals surface area contributed by atoms with Crippen molar-refractivity contribution in [3.63, 3.8) is 0 Å². The molecule has 0 spiro atoms. The molecule has 0 unspecified atom stereocenters. The number of aromatic nitrogens is 4.